The zero-order valence-corrected chi connectivity index (χ0v) is 16.2. The van der Waals surface area contributed by atoms with Crippen molar-refractivity contribution in [2.45, 2.75) is 56.1 Å². The summed E-state index contributed by atoms with van der Waals surface area (Å²) < 4.78 is 11.4. The topological polar surface area (TPSA) is 99.6 Å². The fourth-order valence-corrected chi connectivity index (χ4v) is 4.04. The van der Waals surface area contributed by atoms with Crippen molar-refractivity contribution in [3.05, 3.63) is 48.0 Å². The van der Waals surface area contributed by atoms with Crippen LogP contribution in [0.15, 0.2) is 42.5 Å². The number of carboxylic acids is 1. The van der Waals surface area contributed by atoms with E-state index in [1.807, 2.05) is 30.3 Å². The van der Waals surface area contributed by atoms with Crippen molar-refractivity contribution in [3.63, 3.8) is 0 Å². The highest BCUT2D eigenvalue weighted by Gasteiger charge is 2.62. The molecule has 28 heavy (non-hydrogen) atoms. The van der Waals surface area contributed by atoms with Crippen LogP contribution < -0.4 is 0 Å². The number of nitrogens with zero attached hydrogens (tertiary/aromatic N) is 1. The van der Waals surface area contributed by atoms with Crippen molar-refractivity contribution >= 4 is 11.9 Å². The van der Waals surface area contributed by atoms with Crippen LogP contribution in [0.4, 0.5) is 0 Å². The van der Waals surface area contributed by atoms with E-state index < -0.39 is 11.9 Å². The lowest BCUT2D eigenvalue weighted by Crippen LogP contribution is -2.48. The van der Waals surface area contributed by atoms with Gasteiger partial charge < -0.3 is 19.7 Å². The van der Waals surface area contributed by atoms with Crippen LogP contribution in [0.5, 0.6) is 0 Å². The first-order valence-electron chi connectivity index (χ1n) is 9.46. The lowest BCUT2D eigenvalue weighted by Gasteiger charge is -2.38. The molecular weight excluding hydrogens is 362 g/mol. The van der Waals surface area contributed by atoms with Gasteiger partial charge in [-0.2, -0.15) is 0 Å². The molecule has 3 heterocycles. The van der Waals surface area contributed by atoms with Crippen molar-refractivity contribution in [1.29, 1.82) is 0 Å². The Bertz CT molecular complexity index is 706. The zero-order valence-electron chi connectivity index (χ0n) is 16.2. The second kappa shape index (κ2) is 8.43. The lowest BCUT2D eigenvalue weighted by atomic mass is 9.97. The Morgan fingerprint density at radius 2 is 1.79 bits per heavy atom. The number of esters is 1. The minimum atomic E-state index is -0.935. The number of likely N-dealkylation sites (N-methyl/N-ethyl adjacent to an activating group) is 1. The molecule has 1 aromatic carbocycles. The monoisotopic (exact) mass is 389 g/mol. The van der Waals surface area contributed by atoms with Crippen LogP contribution in [-0.2, 0) is 19.1 Å². The average Bonchev–Trinajstić information content (AvgIpc) is 3.42. The SMILES string of the molecule is C=C(C)C(=O)O.CN1[C@@H]2C[C@@H](OC(=O)[C@H](CO)c3ccccc3)C[C@H]1[C@@H]1O[C@@H]12. The summed E-state index contributed by atoms with van der Waals surface area (Å²) in [5.74, 6) is -1.85. The van der Waals surface area contributed by atoms with Crippen LogP contribution in [0.2, 0.25) is 0 Å². The molecule has 6 atom stereocenters. The molecule has 0 aromatic heterocycles. The Morgan fingerprint density at radius 1 is 1.25 bits per heavy atom. The largest absolute Gasteiger partial charge is 0.478 e. The molecule has 0 spiro atoms. The van der Waals surface area contributed by atoms with Crippen LogP contribution >= 0.6 is 0 Å². The van der Waals surface area contributed by atoms with E-state index in [2.05, 4.69) is 18.5 Å². The second-order valence-corrected chi connectivity index (χ2v) is 7.63. The summed E-state index contributed by atoms with van der Waals surface area (Å²) in [6.45, 7) is 4.38. The van der Waals surface area contributed by atoms with Crippen molar-refractivity contribution in [3.8, 4) is 0 Å². The number of piperidine rings is 1. The van der Waals surface area contributed by atoms with Gasteiger partial charge in [0.1, 0.15) is 24.2 Å². The third kappa shape index (κ3) is 4.27. The third-order valence-electron chi connectivity index (χ3n) is 5.69. The van der Waals surface area contributed by atoms with Gasteiger partial charge in [-0.1, -0.05) is 36.9 Å². The van der Waals surface area contributed by atoms with Gasteiger partial charge in [0.2, 0.25) is 0 Å². The summed E-state index contributed by atoms with van der Waals surface area (Å²) in [6, 6.07) is 10.1. The first kappa shape index (κ1) is 20.5. The molecule has 3 fully saturated rings. The molecule has 2 bridgehead atoms. The van der Waals surface area contributed by atoms with Crippen molar-refractivity contribution in [1.82, 2.24) is 4.90 Å². The molecule has 0 unspecified atom stereocenters. The predicted molar refractivity (Wildman–Crippen MR) is 102 cm³/mol. The number of aliphatic carboxylic acids is 1. The van der Waals surface area contributed by atoms with Gasteiger partial charge in [0, 0.05) is 30.5 Å². The van der Waals surface area contributed by atoms with Crippen molar-refractivity contribution in [2.75, 3.05) is 13.7 Å². The van der Waals surface area contributed by atoms with E-state index in [0.29, 0.717) is 24.3 Å². The molecule has 2 N–H and O–H groups in total. The molecule has 0 radical (unpaired) electrons. The normalized spacial score (nSPS) is 31.0. The van der Waals surface area contributed by atoms with E-state index in [0.717, 1.165) is 18.4 Å². The minimum absolute atomic E-state index is 0.0622. The summed E-state index contributed by atoms with van der Waals surface area (Å²) in [7, 11) is 2.13. The number of fused-ring (bicyclic) bond motifs is 5. The number of ether oxygens (including phenoxy) is 2. The van der Waals surface area contributed by atoms with Crippen LogP contribution in [0.25, 0.3) is 0 Å². The number of aliphatic hydroxyl groups excluding tert-OH is 1. The van der Waals surface area contributed by atoms with E-state index >= 15 is 0 Å². The van der Waals surface area contributed by atoms with Crippen molar-refractivity contribution < 1.29 is 29.3 Å². The number of rotatable bonds is 5. The molecule has 0 saturated carbocycles. The smallest absolute Gasteiger partial charge is 0.330 e. The minimum Gasteiger partial charge on any atom is -0.478 e. The van der Waals surface area contributed by atoms with E-state index in [1.54, 1.807) is 0 Å². The molecule has 152 valence electrons. The summed E-state index contributed by atoms with van der Waals surface area (Å²) in [5, 5.41) is 17.4. The molecule has 7 heteroatoms. The Hall–Kier alpha value is -2.22. The van der Waals surface area contributed by atoms with Gasteiger partial charge in [0.15, 0.2) is 0 Å². The number of epoxide rings is 1. The van der Waals surface area contributed by atoms with Gasteiger partial charge in [-0.25, -0.2) is 4.79 Å². The number of benzene rings is 1. The highest BCUT2D eigenvalue weighted by molar-refractivity contribution is 5.84. The maximum atomic E-state index is 12.4. The van der Waals surface area contributed by atoms with Crippen LogP contribution in [-0.4, -0.2) is 71.1 Å². The molecule has 3 saturated heterocycles. The first-order valence-corrected chi connectivity index (χ1v) is 9.46. The maximum Gasteiger partial charge on any atom is 0.330 e. The maximum absolute atomic E-state index is 12.4. The van der Waals surface area contributed by atoms with E-state index in [9.17, 15) is 14.7 Å². The van der Waals surface area contributed by atoms with Crippen LogP contribution in [0, 0.1) is 0 Å². The quantitative estimate of drug-likeness (QED) is 0.448. The molecule has 3 aliphatic rings. The molecule has 4 rings (SSSR count). The summed E-state index contributed by atoms with van der Waals surface area (Å²) in [4.78, 5) is 24.4. The number of carboxylic acid groups (broad SMARTS) is 1. The number of carbonyl (C=O) groups excluding carboxylic acids is 1. The fraction of sp³-hybridized carbons (Fsp3) is 0.524. The summed E-state index contributed by atoms with van der Waals surface area (Å²) in [6.07, 6.45) is 2.26. The van der Waals surface area contributed by atoms with Crippen molar-refractivity contribution in [2.24, 2.45) is 0 Å². The first-order chi connectivity index (χ1) is 13.3. The highest BCUT2D eigenvalue weighted by Crippen LogP contribution is 2.48. The molecule has 0 aliphatic carbocycles. The summed E-state index contributed by atoms with van der Waals surface area (Å²) in [5.41, 5.74) is 0.979. The van der Waals surface area contributed by atoms with Crippen LogP contribution in [0.3, 0.4) is 0 Å². The van der Waals surface area contributed by atoms with Gasteiger partial charge in [0.05, 0.1) is 6.61 Å². The van der Waals surface area contributed by atoms with Gasteiger partial charge in [-0.3, -0.25) is 9.69 Å². The third-order valence-corrected chi connectivity index (χ3v) is 5.69. The average molecular weight is 389 g/mol. The molecule has 3 aliphatic heterocycles. The van der Waals surface area contributed by atoms with Gasteiger partial charge >= 0.3 is 11.9 Å². The number of aliphatic hydroxyl groups is 1. The number of hydrogen-bond donors (Lipinski definition) is 2. The number of hydrogen-bond acceptors (Lipinski definition) is 6. The van der Waals surface area contributed by atoms with Gasteiger partial charge in [0.25, 0.3) is 0 Å². The lowest BCUT2D eigenvalue weighted by molar-refractivity contribution is -0.156. The molecule has 7 nitrogen and oxygen atoms in total. The Kier molecular flexibility index (Phi) is 6.17. The molecular formula is C21H27NO6. The Morgan fingerprint density at radius 3 is 2.25 bits per heavy atom. The van der Waals surface area contributed by atoms with E-state index in [4.69, 9.17) is 14.6 Å². The predicted octanol–water partition coefficient (Wildman–Crippen LogP) is 1.57. The van der Waals surface area contributed by atoms with E-state index in [-0.39, 0.29) is 24.3 Å². The van der Waals surface area contributed by atoms with E-state index in [1.165, 1.54) is 6.92 Å². The summed E-state index contributed by atoms with van der Waals surface area (Å²) >= 11 is 0. The Balaban J connectivity index is 0.000000330. The fourth-order valence-electron chi connectivity index (χ4n) is 4.04. The molecule has 1 aromatic rings. The number of morpholine rings is 1. The number of carbonyl (C=O) groups is 2. The zero-order chi connectivity index (χ0) is 20.4. The second-order valence-electron chi connectivity index (χ2n) is 7.63. The van der Waals surface area contributed by atoms with Gasteiger partial charge in [-0.05, 0) is 19.5 Å². The highest BCUT2D eigenvalue weighted by atomic mass is 16.6. The van der Waals surface area contributed by atoms with Gasteiger partial charge in [-0.15, -0.1) is 0 Å². The Labute approximate surface area is 164 Å². The molecule has 0 amide bonds. The van der Waals surface area contributed by atoms with Crippen LogP contribution in [0.1, 0.15) is 31.2 Å². The standard InChI is InChI=1S/C17H21NO4.C4H6O2/c1-18-13-7-11(8-14(18)16-15(13)22-16)21-17(20)12(9-19)10-5-3-2-4-6-10;1-3(2)4(5)6/h2-6,11-16,19H,7-9H2,1H3;1H2,2H3,(H,5,6)/t11-,12-,13-,14+,15-,16+;/m1./s1.